The number of carboxylic acid groups (broad SMARTS) is 3. The van der Waals surface area contributed by atoms with Crippen molar-refractivity contribution >= 4 is 58.1 Å². The van der Waals surface area contributed by atoms with Crippen LogP contribution in [0, 0.1) is 5.82 Å². The second-order valence-electron chi connectivity index (χ2n) is 13.2. The van der Waals surface area contributed by atoms with Gasteiger partial charge in [0.15, 0.2) is 0 Å². The number of nitrogens with one attached hydrogen (secondary N) is 1. The molecule has 15 nitrogen and oxygen atoms in total. The Balaban J connectivity index is 0.000000672. The van der Waals surface area contributed by atoms with Crippen LogP contribution in [0.4, 0.5) is 23.2 Å². The molecule has 55 heavy (non-hydrogen) atoms. The van der Waals surface area contributed by atoms with Gasteiger partial charge in [0.25, 0.3) is 5.91 Å². The number of nitrogens with two attached hydrogens (primary N) is 1. The van der Waals surface area contributed by atoms with Crippen molar-refractivity contribution in [1.82, 2.24) is 19.7 Å². The molecular formula is C35H34F4N6O9S. The topological polar surface area (TPSA) is 216 Å². The fraction of sp³-hybridized carbons (Fsp3) is 0.371. The first-order chi connectivity index (χ1) is 26.0. The standard InChI is InChI=1S/C33H33FN6O7S.C2HF3O2/c34-22-12-20-23(39(19-6-7-19)15-21(28(20)41)32(44)45)13-24(22)38-10-8-37(9-11-38)14-18-16-48-31-26(30(43)40(31)27(18)33(46)47)36-29(42)25(35)17-4-2-1-3-5-17;3-2(4,5)1(6)7/h1-5,12-13,15,19,25-26,31H,6-11,14,16,35H2,(H,36,42)(H,44,45)(H,46,47);(H,6,7)/t25?,26-,31-;/m0./s1. The number of halogens is 4. The molecule has 0 radical (unpaired) electrons. The lowest BCUT2D eigenvalue weighted by Gasteiger charge is -2.50. The van der Waals surface area contributed by atoms with Crippen molar-refractivity contribution in [2.75, 3.05) is 43.4 Å². The highest BCUT2D eigenvalue weighted by Crippen LogP contribution is 2.41. The average Bonchev–Trinajstić information content (AvgIpc) is 3.99. The summed E-state index contributed by atoms with van der Waals surface area (Å²) < 4.78 is 48.9. The Morgan fingerprint density at radius 3 is 2.16 bits per heavy atom. The molecule has 2 amide bonds. The summed E-state index contributed by atoms with van der Waals surface area (Å²) >= 11 is 1.38. The van der Waals surface area contributed by atoms with Gasteiger partial charge in [-0.2, -0.15) is 13.2 Å². The van der Waals surface area contributed by atoms with Crippen molar-refractivity contribution in [2.24, 2.45) is 5.73 Å². The van der Waals surface area contributed by atoms with E-state index in [1.807, 2.05) is 4.90 Å². The molecule has 3 fully saturated rings. The maximum Gasteiger partial charge on any atom is 0.490 e. The van der Waals surface area contributed by atoms with Crippen LogP contribution in [0.15, 0.2) is 64.7 Å². The smallest absolute Gasteiger partial charge is 0.477 e. The number of fused-ring (bicyclic) bond motifs is 2. The van der Waals surface area contributed by atoms with E-state index >= 15 is 4.39 Å². The van der Waals surface area contributed by atoms with Crippen LogP contribution in [0.5, 0.6) is 0 Å². The molecule has 1 unspecified atom stereocenters. The van der Waals surface area contributed by atoms with Crippen LogP contribution in [0.3, 0.4) is 0 Å². The van der Waals surface area contributed by atoms with Crippen molar-refractivity contribution in [1.29, 1.82) is 0 Å². The van der Waals surface area contributed by atoms with Crippen LogP contribution >= 0.6 is 11.8 Å². The predicted octanol–water partition coefficient (Wildman–Crippen LogP) is 2.37. The van der Waals surface area contributed by atoms with Crippen molar-refractivity contribution in [3.63, 3.8) is 0 Å². The summed E-state index contributed by atoms with van der Waals surface area (Å²) in [5.41, 5.74) is 6.89. The van der Waals surface area contributed by atoms with Gasteiger partial charge >= 0.3 is 24.1 Å². The highest BCUT2D eigenvalue weighted by atomic mass is 32.2. The number of rotatable bonds is 9. The van der Waals surface area contributed by atoms with E-state index in [1.165, 1.54) is 22.9 Å². The molecule has 3 atom stereocenters. The summed E-state index contributed by atoms with van der Waals surface area (Å²) in [7, 11) is 0. The molecule has 6 N–H and O–H groups in total. The van der Waals surface area contributed by atoms with Gasteiger partial charge in [-0.15, -0.1) is 11.8 Å². The number of hydrogen-bond donors (Lipinski definition) is 5. The van der Waals surface area contributed by atoms with Crippen molar-refractivity contribution < 1.29 is 56.9 Å². The highest BCUT2D eigenvalue weighted by Gasteiger charge is 2.54. The van der Waals surface area contributed by atoms with Crippen LogP contribution in [-0.2, 0) is 19.2 Å². The first-order valence-corrected chi connectivity index (χ1v) is 17.9. The highest BCUT2D eigenvalue weighted by molar-refractivity contribution is 8.00. The Hall–Kier alpha value is -5.47. The predicted molar refractivity (Wildman–Crippen MR) is 189 cm³/mol. The van der Waals surface area contributed by atoms with E-state index in [-0.39, 0.29) is 22.7 Å². The minimum absolute atomic E-state index is 0.0318. The van der Waals surface area contributed by atoms with E-state index in [9.17, 15) is 47.4 Å². The molecule has 0 spiro atoms. The maximum atomic E-state index is 15.4. The molecule has 2 aromatic carbocycles. The van der Waals surface area contributed by atoms with Gasteiger partial charge in [0.2, 0.25) is 11.3 Å². The number of thioether (sulfide) groups is 1. The van der Waals surface area contributed by atoms with E-state index in [2.05, 4.69) is 10.2 Å². The third kappa shape index (κ3) is 8.01. The fourth-order valence-corrected chi connectivity index (χ4v) is 8.02. The zero-order valence-corrected chi connectivity index (χ0v) is 29.5. The number of carbonyl (C=O) groups excluding carboxylic acids is 2. The number of pyridine rings is 1. The van der Waals surface area contributed by atoms with E-state index in [4.69, 9.17) is 15.6 Å². The van der Waals surface area contributed by atoms with E-state index in [0.717, 1.165) is 18.9 Å². The number of piperazine rings is 1. The van der Waals surface area contributed by atoms with Gasteiger partial charge in [-0.3, -0.25) is 24.2 Å². The maximum absolute atomic E-state index is 15.4. The Morgan fingerprint density at radius 2 is 1.60 bits per heavy atom. The Kier molecular flexibility index (Phi) is 10.9. The third-order valence-electron chi connectivity index (χ3n) is 9.63. The molecule has 3 aliphatic heterocycles. The Labute approximate surface area is 312 Å². The number of aliphatic carboxylic acids is 2. The van der Waals surface area contributed by atoms with E-state index in [0.29, 0.717) is 60.8 Å². The number of carboxylic acids is 3. The monoisotopic (exact) mass is 790 g/mol. The number of aromatic nitrogens is 1. The van der Waals surface area contributed by atoms with Crippen LogP contribution in [0.2, 0.25) is 0 Å². The number of benzene rings is 2. The Morgan fingerprint density at radius 1 is 0.964 bits per heavy atom. The normalized spacial score (nSPS) is 20.6. The number of alkyl halides is 3. The van der Waals surface area contributed by atoms with Gasteiger partial charge in [-0.1, -0.05) is 30.3 Å². The number of anilines is 1. The second kappa shape index (κ2) is 15.3. The van der Waals surface area contributed by atoms with E-state index in [1.54, 1.807) is 41.0 Å². The molecule has 0 bridgehead atoms. The molecule has 2 saturated heterocycles. The number of nitrogens with zero attached hydrogens (tertiary/aromatic N) is 4. The van der Waals surface area contributed by atoms with Gasteiger partial charge in [-0.05, 0) is 36.1 Å². The number of amides is 2. The fourth-order valence-electron chi connectivity index (χ4n) is 6.68. The first-order valence-electron chi connectivity index (χ1n) is 16.9. The van der Waals surface area contributed by atoms with Crippen LogP contribution in [-0.4, -0.2) is 115 Å². The minimum Gasteiger partial charge on any atom is -0.477 e. The number of aromatic carboxylic acids is 1. The van der Waals surface area contributed by atoms with Gasteiger partial charge < -0.3 is 35.8 Å². The first kappa shape index (κ1) is 39.2. The SMILES string of the molecule is NC(C(=O)N[C@H]1C(=O)N2C(C(=O)O)=C(CN3CCN(c4cc5c(cc4F)c(=O)c(C(=O)O)cn5C4CC4)CC3)CS[C@@H]12)c1ccccc1.O=C(O)C(F)(F)F. The summed E-state index contributed by atoms with van der Waals surface area (Å²) in [5.74, 6) is -6.62. The molecule has 292 valence electrons. The lowest BCUT2D eigenvalue weighted by molar-refractivity contribution is -0.192. The van der Waals surface area contributed by atoms with Crippen molar-refractivity contribution in [3.05, 3.63) is 87.1 Å². The van der Waals surface area contributed by atoms with Crippen LogP contribution in [0.1, 0.15) is 40.8 Å². The largest absolute Gasteiger partial charge is 0.490 e. The van der Waals surface area contributed by atoms with Crippen LogP contribution in [0.25, 0.3) is 10.9 Å². The van der Waals surface area contributed by atoms with Gasteiger partial charge in [0.1, 0.15) is 34.5 Å². The number of carbonyl (C=O) groups is 5. The molecule has 20 heteroatoms. The lowest BCUT2D eigenvalue weighted by atomic mass is 10.0. The van der Waals surface area contributed by atoms with E-state index < -0.39 is 64.6 Å². The summed E-state index contributed by atoms with van der Waals surface area (Å²) in [6.45, 7) is 2.12. The summed E-state index contributed by atoms with van der Waals surface area (Å²) in [6.07, 6.45) is -2.05. The van der Waals surface area contributed by atoms with Crippen molar-refractivity contribution in [3.8, 4) is 0 Å². The summed E-state index contributed by atoms with van der Waals surface area (Å²) in [5, 5.41) is 28.9. The molecule has 3 aromatic rings. The molecule has 1 aromatic heterocycles. The quantitative estimate of drug-likeness (QED) is 0.156. The molecule has 4 heterocycles. The van der Waals surface area contributed by atoms with Gasteiger partial charge in [0, 0.05) is 56.1 Å². The third-order valence-corrected chi connectivity index (χ3v) is 11.0. The second-order valence-corrected chi connectivity index (χ2v) is 14.3. The zero-order valence-electron chi connectivity index (χ0n) is 28.7. The van der Waals surface area contributed by atoms with Crippen molar-refractivity contribution in [2.45, 2.75) is 42.5 Å². The summed E-state index contributed by atoms with van der Waals surface area (Å²) in [6, 6.07) is 9.70. The molecule has 1 aliphatic carbocycles. The van der Waals surface area contributed by atoms with Gasteiger partial charge in [-0.25, -0.2) is 18.8 Å². The molecule has 1 saturated carbocycles. The summed E-state index contributed by atoms with van der Waals surface area (Å²) in [4.78, 5) is 77.0. The van der Waals surface area contributed by atoms with Gasteiger partial charge in [0.05, 0.1) is 11.2 Å². The molecular weight excluding hydrogens is 756 g/mol. The zero-order chi connectivity index (χ0) is 39.9. The minimum atomic E-state index is -5.08. The van der Waals surface area contributed by atoms with Crippen LogP contribution < -0.4 is 21.4 Å². The average molecular weight is 791 g/mol. The number of β-lactam (4-membered cyclic amide) rings is 1. The molecule has 4 aliphatic rings. The lowest BCUT2D eigenvalue weighted by Crippen LogP contribution is -2.71. The Bertz CT molecular complexity index is 2150. The number of hydrogen-bond acceptors (Lipinski definition) is 10. The molecule has 7 rings (SSSR count).